The van der Waals surface area contributed by atoms with Crippen LogP contribution >= 0.6 is 45.9 Å². The second kappa shape index (κ2) is 8.45. The highest BCUT2D eigenvalue weighted by Crippen LogP contribution is 2.32. The number of nitrogens with zero attached hydrogens (tertiary/aromatic N) is 3. The van der Waals surface area contributed by atoms with Crippen LogP contribution in [-0.4, -0.2) is 14.5 Å². The average Bonchev–Trinajstić information content (AvgIpc) is 3.35. The van der Waals surface area contributed by atoms with Gasteiger partial charge in [-0.2, -0.15) is 0 Å². The van der Waals surface area contributed by atoms with Gasteiger partial charge in [0.1, 0.15) is 15.7 Å². The molecule has 0 spiro atoms. The highest BCUT2D eigenvalue weighted by atomic mass is 35.5. The fraction of sp³-hybridized carbons (Fsp3) is 0.125. The average molecular weight is 498 g/mol. The molecule has 3 aromatic heterocycles. The fourth-order valence-corrected chi connectivity index (χ4v) is 5.77. The first kappa shape index (κ1) is 21.3. The topological polar surface area (TPSA) is 47.8 Å². The molecule has 0 atom stereocenters. The van der Waals surface area contributed by atoms with E-state index in [0.717, 1.165) is 37.1 Å². The van der Waals surface area contributed by atoms with Crippen LogP contribution < -0.4 is 5.56 Å². The number of aryl methyl sites for hydroxylation is 2. The normalized spacial score (nSPS) is 11.4. The van der Waals surface area contributed by atoms with Crippen molar-refractivity contribution in [3.8, 4) is 22.0 Å². The first-order chi connectivity index (χ1) is 15.4. The Balaban J connectivity index is 1.66. The number of halogens is 2. The molecule has 0 saturated heterocycles. The first-order valence-corrected chi connectivity index (χ1v) is 12.3. The van der Waals surface area contributed by atoms with E-state index >= 15 is 0 Å². The molecule has 3 heterocycles. The molecular formula is C24H17Cl2N3OS2. The molecule has 160 valence electrons. The van der Waals surface area contributed by atoms with Crippen molar-refractivity contribution in [2.24, 2.45) is 0 Å². The van der Waals surface area contributed by atoms with E-state index in [9.17, 15) is 4.79 Å². The second-order valence-electron chi connectivity index (χ2n) is 7.42. The van der Waals surface area contributed by atoms with Crippen LogP contribution in [0, 0.1) is 13.8 Å². The van der Waals surface area contributed by atoms with Gasteiger partial charge >= 0.3 is 0 Å². The molecule has 0 amide bonds. The molecule has 0 N–H and O–H groups in total. The third-order valence-corrected chi connectivity index (χ3v) is 7.99. The molecule has 5 rings (SSSR count). The SMILES string of the molecule is Cc1sc2nc(-c3ccccc3Cl)n(Cc3csc(-c4ccc(Cl)cc4)n3)c(=O)c2c1C. The summed E-state index contributed by atoms with van der Waals surface area (Å²) in [5.41, 5.74) is 3.41. The predicted octanol–water partition coefficient (Wildman–Crippen LogP) is 7.22. The Morgan fingerprint density at radius 2 is 1.75 bits per heavy atom. The van der Waals surface area contributed by atoms with Gasteiger partial charge in [0.05, 0.1) is 22.6 Å². The zero-order chi connectivity index (χ0) is 22.4. The van der Waals surface area contributed by atoms with E-state index in [1.54, 1.807) is 4.57 Å². The van der Waals surface area contributed by atoms with E-state index in [0.29, 0.717) is 27.8 Å². The van der Waals surface area contributed by atoms with Crippen molar-refractivity contribution in [2.75, 3.05) is 0 Å². The van der Waals surface area contributed by atoms with E-state index < -0.39 is 0 Å². The monoisotopic (exact) mass is 497 g/mol. The molecule has 8 heteroatoms. The van der Waals surface area contributed by atoms with Crippen LogP contribution in [0.25, 0.3) is 32.2 Å². The number of aromatic nitrogens is 3. The van der Waals surface area contributed by atoms with Crippen LogP contribution in [0.1, 0.15) is 16.1 Å². The zero-order valence-electron chi connectivity index (χ0n) is 17.2. The number of thiazole rings is 1. The van der Waals surface area contributed by atoms with Gasteiger partial charge in [0, 0.05) is 26.4 Å². The Labute approximate surface area is 202 Å². The zero-order valence-corrected chi connectivity index (χ0v) is 20.4. The molecule has 0 fully saturated rings. The van der Waals surface area contributed by atoms with Crippen LogP contribution in [0.15, 0.2) is 58.7 Å². The van der Waals surface area contributed by atoms with Gasteiger partial charge in [0.25, 0.3) is 5.56 Å². The maximum atomic E-state index is 13.6. The quantitative estimate of drug-likeness (QED) is 0.263. The summed E-state index contributed by atoms with van der Waals surface area (Å²) in [5.74, 6) is 0.551. The third kappa shape index (κ3) is 3.77. The van der Waals surface area contributed by atoms with Crippen molar-refractivity contribution < 1.29 is 0 Å². The molecule has 4 nitrogen and oxygen atoms in total. The minimum Gasteiger partial charge on any atom is -0.286 e. The molecule has 0 aliphatic heterocycles. The van der Waals surface area contributed by atoms with E-state index in [4.69, 9.17) is 33.2 Å². The van der Waals surface area contributed by atoms with Crippen LogP contribution in [-0.2, 0) is 6.54 Å². The Morgan fingerprint density at radius 1 is 1.00 bits per heavy atom. The van der Waals surface area contributed by atoms with Crippen molar-refractivity contribution in [3.63, 3.8) is 0 Å². The third-order valence-electron chi connectivity index (χ3n) is 5.37. The molecule has 0 unspecified atom stereocenters. The van der Waals surface area contributed by atoms with Gasteiger partial charge in [-0.3, -0.25) is 9.36 Å². The summed E-state index contributed by atoms with van der Waals surface area (Å²) in [7, 11) is 0. The molecule has 0 aliphatic rings. The highest BCUT2D eigenvalue weighted by Gasteiger charge is 2.20. The smallest absolute Gasteiger partial charge is 0.263 e. The maximum Gasteiger partial charge on any atom is 0.263 e. The molecule has 0 radical (unpaired) electrons. The van der Waals surface area contributed by atoms with E-state index in [1.807, 2.05) is 67.8 Å². The summed E-state index contributed by atoms with van der Waals surface area (Å²) in [6.45, 7) is 4.29. The molecule has 2 aromatic carbocycles. The minimum absolute atomic E-state index is 0.0761. The largest absolute Gasteiger partial charge is 0.286 e. The first-order valence-electron chi connectivity index (χ1n) is 9.88. The van der Waals surface area contributed by atoms with Crippen molar-refractivity contribution in [2.45, 2.75) is 20.4 Å². The summed E-state index contributed by atoms with van der Waals surface area (Å²) in [5, 5.41) is 4.75. The lowest BCUT2D eigenvalue weighted by Gasteiger charge is -2.13. The second-order valence-corrected chi connectivity index (χ2v) is 10.3. The highest BCUT2D eigenvalue weighted by molar-refractivity contribution is 7.18. The summed E-state index contributed by atoms with van der Waals surface area (Å²) >= 11 is 15.6. The van der Waals surface area contributed by atoms with Gasteiger partial charge in [0.2, 0.25) is 0 Å². The van der Waals surface area contributed by atoms with Gasteiger partial charge in [-0.1, -0.05) is 47.5 Å². The molecule has 0 saturated carbocycles. The number of hydrogen-bond acceptors (Lipinski definition) is 5. The van der Waals surface area contributed by atoms with Crippen molar-refractivity contribution >= 4 is 56.1 Å². The van der Waals surface area contributed by atoms with Crippen LogP contribution in [0.2, 0.25) is 10.0 Å². The van der Waals surface area contributed by atoms with E-state index in [2.05, 4.69) is 0 Å². The van der Waals surface area contributed by atoms with Gasteiger partial charge in [-0.05, 0) is 43.7 Å². The Bertz CT molecular complexity index is 1520. The molecular weight excluding hydrogens is 481 g/mol. The summed E-state index contributed by atoms with van der Waals surface area (Å²) in [4.78, 5) is 25.1. The lowest BCUT2D eigenvalue weighted by Crippen LogP contribution is -2.24. The molecule has 0 aliphatic carbocycles. The van der Waals surface area contributed by atoms with Gasteiger partial charge in [-0.15, -0.1) is 22.7 Å². The lowest BCUT2D eigenvalue weighted by atomic mass is 10.1. The Hall–Kier alpha value is -2.51. The number of rotatable bonds is 4. The molecule has 0 bridgehead atoms. The van der Waals surface area contributed by atoms with Gasteiger partial charge < -0.3 is 0 Å². The number of thiophene rings is 1. The number of fused-ring (bicyclic) bond motifs is 1. The Kier molecular flexibility index (Phi) is 5.63. The van der Waals surface area contributed by atoms with Crippen LogP contribution in [0.3, 0.4) is 0 Å². The summed E-state index contributed by atoms with van der Waals surface area (Å²) in [6.07, 6.45) is 0. The molecule has 32 heavy (non-hydrogen) atoms. The van der Waals surface area contributed by atoms with Gasteiger partial charge in [0.15, 0.2) is 0 Å². The lowest BCUT2D eigenvalue weighted by molar-refractivity contribution is 0.745. The van der Waals surface area contributed by atoms with Crippen LogP contribution in [0.4, 0.5) is 0 Å². The number of hydrogen-bond donors (Lipinski definition) is 0. The summed E-state index contributed by atoms with van der Waals surface area (Å²) in [6, 6.07) is 15.0. The van der Waals surface area contributed by atoms with E-state index in [1.165, 1.54) is 22.7 Å². The standard InChI is InChI=1S/C24H17Cl2N3OS2/c1-13-14(2)32-23-20(13)24(30)29(21(28-23)18-5-3-4-6-19(18)26)11-17-12-31-22(27-17)15-7-9-16(25)10-8-15/h3-10,12H,11H2,1-2H3. The van der Waals surface area contributed by atoms with Crippen LogP contribution in [0.5, 0.6) is 0 Å². The summed E-state index contributed by atoms with van der Waals surface area (Å²) < 4.78 is 1.68. The van der Waals surface area contributed by atoms with Crippen molar-refractivity contribution in [1.29, 1.82) is 0 Å². The maximum absolute atomic E-state index is 13.6. The van der Waals surface area contributed by atoms with Gasteiger partial charge in [-0.25, -0.2) is 9.97 Å². The van der Waals surface area contributed by atoms with Crippen molar-refractivity contribution in [3.05, 3.63) is 90.4 Å². The molecule has 5 aromatic rings. The minimum atomic E-state index is -0.0761. The predicted molar refractivity (Wildman–Crippen MR) is 135 cm³/mol. The number of benzene rings is 2. The van der Waals surface area contributed by atoms with Crippen molar-refractivity contribution in [1.82, 2.24) is 14.5 Å². The fourth-order valence-electron chi connectivity index (χ4n) is 3.59. The Morgan fingerprint density at radius 3 is 2.50 bits per heavy atom. The van der Waals surface area contributed by atoms with E-state index in [-0.39, 0.29) is 5.56 Å².